The molecule has 0 radical (unpaired) electrons. The minimum Gasteiger partial charge on any atom is -0.481 e. The standard InChI is InChI=1S/C11H19NO4/c1-8(2)16-6-9(13)12-7-11(10(14)15)4-3-5-11/h8H,3-7H2,1-2H3,(H,12,13)(H,14,15). The number of hydrogen-bond donors (Lipinski definition) is 2. The molecule has 0 bridgehead atoms. The van der Waals surface area contributed by atoms with Crippen LogP contribution in [-0.2, 0) is 14.3 Å². The van der Waals surface area contributed by atoms with E-state index in [1.807, 2.05) is 13.8 Å². The number of hydrogen-bond acceptors (Lipinski definition) is 3. The second-order valence-corrected chi connectivity index (χ2v) is 4.58. The first-order valence-corrected chi connectivity index (χ1v) is 5.58. The summed E-state index contributed by atoms with van der Waals surface area (Å²) in [5.41, 5.74) is -0.729. The van der Waals surface area contributed by atoms with Crippen molar-refractivity contribution in [2.75, 3.05) is 13.2 Å². The molecular formula is C11H19NO4. The average Bonchev–Trinajstić information content (AvgIpc) is 2.12. The molecular weight excluding hydrogens is 210 g/mol. The molecule has 0 aromatic heterocycles. The van der Waals surface area contributed by atoms with Gasteiger partial charge in [0.1, 0.15) is 6.61 Å². The number of aliphatic carboxylic acids is 1. The van der Waals surface area contributed by atoms with Crippen molar-refractivity contribution >= 4 is 11.9 Å². The third-order valence-corrected chi connectivity index (χ3v) is 2.94. The lowest BCUT2D eigenvalue weighted by Gasteiger charge is -2.37. The largest absolute Gasteiger partial charge is 0.481 e. The summed E-state index contributed by atoms with van der Waals surface area (Å²) in [6.45, 7) is 3.89. The van der Waals surface area contributed by atoms with Crippen LogP contribution in [0.5, 0.6) is 0 Å². The first kappa shape index (κ1) is 13.0. The minimum atomic E-state index is -0.816. The summed E-state index contributed by atoms with van der Waals surface area (Å²) in [5, 5.41) is 11.6. The number of rotatable bonds is 6. The average molecular weight is 229 g/mol. The fourth-order valence-corrected chi connectivity index (χ4v) is 1.63. The zero-order chi connectivity index (χ0) is 12.2. The van der Waals surface area contributed by atoms with Crippen LogP contribution >= 0.6 is 0 Å². The maximum Gasteiger partial charge on any atom is 0.311 e. The Morgan fingerprint density at radius 2 is 2.06 bits per heavy atom. The Balaban J connectivity index is 2.28. The normalized spacial score (nSPS) is 17.9. The predicted octanol–water partition coefficient (Wildman–Crippen LogP) is 0.782. The summed E-state index contributed by atoms with van der Waals surface area (Å²) in [5.74, 6) is -1.06. The molecule has 0 unspecified atom stereocenters. The van der Waals surface area contributed by atoms with Gasteiger partial charge >= 0.3 is 5.97 Å². The van der Waals surface area contributed by atoms with E-state index in [9.17, 15) is 9.59 Å². The monoisotopic (exact) mass is 229 g/mol. The van der Waals surface area contributed by atoms with E-state index in [1.54, 1.807) is 0 Å². The molecule has 1 amide bonds. The molecule has 2 N–H and O–H groups in total. The molecule has 0 saturated heterocycles. The van der Waals surface area contributed by atoms with Gasteiger partial charge in [0.25, 0.3) is 0 Å². The Morgan fingerprint density at radius 3 is 2.44 bits per heavy atom. The molecule has 0 atom stereocenters. The van der Waals surface area contributed by atoms with Gasteiger partial charge in [-0.25, -0.2) is 0 Å². The number of carboxylic acids is 1. The van der Waals surface area contributed by atoms with Crippen molar-refractivity contribution in [1.29, 1.82) is 0 Å². The van der Waals surface area contributed by atoms with Crippen LogP contribution in [0.25, 0.3) is 0 Å². The van der Waals surface area contributed by atoms with Crippen molar-refractivity contribution in [2.24, 2.45) is 5.41 Å². The van der Waals surface area contributed by atoms with Crippen LogP contribution in [0.1, 0.15) is 33.1 Å². The fourth-order valence-electron chi connectivity index (χ4n) is 1.63. The molecule has 5 heteroatoms. The van der Waals surface area contributed by atoms with Gasteiger partial charge in [-0.05, 0) is 26.7 Å². The summed E-state index contributed by atoms with van der Waals surface area (Å²) < 4.78 is 5.12. The van der Waals surface area contributed by atoms with Gasteiger partial charge in [-0.3, -0.25) is 9.59 Å². The molecule has 0 aliphatic heterocycles. The number of carbonyl (C=O) groups excluding carboxylic acids is 1. The highest BCUT2D eigenvalue weighted by molar-refractivity contribution is 5.80. The van der Waals surface area contributed by atoms with Gasteiger partial charge in [-0.1, -0.05) is 6.42 Å². The summed E-state index contributed by atoms with van der Waals surface area (Å²) >= 11 is 0. The summed E-state index contributed by atoms with van der Waals surface area (Å²) in [7, 11) is 0. The second-order valence-electron chi connectivity index (χ2n) is 4.58. The van der Waals surface area contributed by atoms with Gasteiger partial charge < -0.3 is 15.2 Å². The van der Waals surface area contributed by atoms with Crippen LogP contribution in [0, 0.1) is 5.41 Å². The smallest absolute Gasteiger partial charge is 0.311 e. The molecule has 1 aliphatic rings. The lowest BCUT2D eigenvalue weighted by molar-refractivity contribution is -0.154. The van der Waals surface area contributed by atoms with Crippen molar-refractivity contribution in [1.82, 2.24) is 5.32 Å². The first-order valence-electron chi connectivity index (χ1n) is 5.58. The minimum absolute atomic E-state index is 0.00267. The first-order chi connectivity index (χ1) is 7.46. The number of carboxylic acid groups (broad SMARTS) is 1. The molecule has 1 rings (SSSR count). The SMILES string of the molecule is CC(C)OCC(=O)NCC1(C(=O)O)CCC1. The van der Waals surface area contributed by atoms with Crippen molar-refractivity contribution in [3.8, 4) is 0 Å². The van der Waals surface area contributed by atoms with Gasteiger partial charge in [0.2, 0.25) is 5.91 Å². The molecule has 0 heterocycles. The van der Waals surface area contributed by atoms with Crippen molar-refractivity contribution in [3.63, 3.8) is 0 Å². The Hall–Kier alpha value is -1.10. The lowest BCUT2D eigenvalue weighted by atomic mass is 9.69. The molecule has 92 valence electrons. The van der Waals surface area contributed by atoms with Crippen LogP contribution in [0.4, 0.5) is 0 Å². The Morgan fingerprint density at radius 1 is 1.44 bits per heavy atom. The van der Waals surface area contributed by atoms with Crippen molar-refractivity contribution in [3.05, 3.63) is 0 Å². The lowest BCUT2D eigenvalue weighted by Crippen LogP contribution is -2.48. The summed E-state index contributed by atoms with van der Waals surface area (Å²) in [6, 6.07) is 0. The van der Waals surface area contributed by atoms with Crippen LogP contribution in [-0.4, -0.2) is 36.2 Å². The van der Waals surface area contributed by atoms with Crippen LogP contribution in [0.3, 0.4) is 0 Å². The van der Waals surface area contributed by atoms with Gasteiger partial charge in [0.05, 0.1) is 11.5 Å². The number of ether oxygens (including phenoxy) is 1. The van der Waals surface area contributed by atoms with E-state index in [0.717, 1.165) is 6.42 Å². The second kappa shape index (κ2) is 5.30. The Bertz CT molecular complexity index is 271. The van der Waals surface area contributed by atoms with E-state index >= 15 is 0 Å². The highest BCUT2D eigenvalue weighted by Crippen LogP contribution is 2.40. The molecule has 5 nitrogen and oxygen atoms in total. The van der Waals surface area contributed by atoms with E-state index in [1.165, 1.54) is 0 Å². The van der Waals surface area contributed by atoms with Crippen molar-refractivity contribution in [2.45, 2.75) is 39.2 Å². The molecule has 1 saturated carbocycles. The van der Waals surface area contributed by atoms with Crippen LogP contribution < -0.4 is 5.32 Å². The van der Waals surface area contributed by atoms with E-state index in [-0.39, 0.29) is 25.2 Å². The molecule has 0 aromatic carbocycles. The van der Waals surface area contributed by atoms with Gasteiger partial charge in [-0.2, -0.15) is 0 Å². The van der Waals surface area contributed by atoms with E-state index in [2.05, 4.69) is 5.32 Å². The molecule has 1 fully saturated rings. The molecule has 0 aromatic rings. The topological polar surface area (TPSA) is 75.6 Å². The predicted molar refractivity (Wildman–Crippen MR) is 58.0 cm³/mol. The zero-order valence-corrected chi connectivity index (χ0v) is 9.78. The third kappa shape index (κ3) is 3.20. The Labute approximate surface area is 95.2 Å². The maximum atomic E-state index is 11.3. The third-order valence-electron chi connectivity index (χ3n) is 2.94. The quantitative estimate of drug-likeness (QED) is 0.705. The highest BCUT2D eigenvalue weighted by atomic mass is 16.5. The van der Waals surface area contributed by atoms with Gasteiger partial charge in [-0.15, -0.1) is 0 Å². The summed E-state index contributed by atoms with van der Waals surface area (Å²) in [4.78, 5) is 22.3. The molecule has 16 heavy (non-hydrogen) atoms. The Kier molecular flexibility index (Phi) is 4.29. The van der Waals surface area contributed by atoms with Gasteiger partial charge in [0, 0.05) is 6.54 Å². The van der Waals surface area contributed by atoms with E-state index < -0.39 is 11.4 Å². The summed E-state index contributed by atoms with van der Waals surface area (Å²) in [6.07, 6.45) is 2.22. The molecule has 1 aliphatic carbocycles. The maximum absolute atomic E-state index is 11.3. The zero-order valence-electron chi connectivity index (χ0n) is 9.78. The number of carbonyl (C=O) groups is 2. The fraction of sp³-hybridized carbons (Fsp3) is 0.818. The number of amides is 1. The highest BCUT2D eigenvalue weighted by Gasteiger charge is 2.44. The van der Waals surface area contributed by atoms with E-state index in [4.69, 9.17) is 9.84 Å². The van der Waals surface area contributed by atoms with Gasteiger partial charge in [0.15, 0.2) is 0 Å². The van der Waals surface area contributed by atoms with Crippen LogP contribution in [0.2, 0.25) is 0 Å². The van der Waals surface area contributed by atoms with E-state index in [0.29, 0.717) is 12.8 Å². The molecule has 0 spiro atoms. The van der Waals surface area contributed by atoms with Crippen LogP contribution in [0.15, 0.2) is 0 Å². The number of nitrogens with one attached hydrogen (secondary N) is 1. The van der Waals surface area contributed by atoms with Crippen molar-refractivity contribution < 1.29 is 19.4 Å².